The molecule has 1 aromatic heterocycles. The third-order valence-electron chi connectivity index (χ3n) is 3.19. The van der Waals surface area contributed by atoms with Gasteiger partial charge >= 0.3 is 0 Å². The predicted octanol–water partition coefficient (Wildman–Crippen LogP) is 3.53. The molecule has 0 aliphatic heterocycles. The fourth-order valence-corrected chi connectivity index (χ4v) is 2.09. The van der Waals surface area contributed by atoms with Gasteiger partial charge in [-0.3, -0.25) is 4.99 Å². The van der Waals surface area contributed by atoms with E-state index in [1.165, 1.54) is 0 Å². The van der Waals surface area contributed by atoms with Gasteiger partial charge in [0.15, 0.2) is 17.5 Å². The molecule has 1 aromatic carbocycles. The molecule has 2 N–H and O–H groups in total. The van der Waals surface area contributed by atoms with Crippen molar-refractivity contribution in [3.8, 4) is 11.5 Å². The SMILES string of the molecule is CCOc1ccc(NC(=NC)NCCc2ccco2)cc1OC.I. The standard InChI is InChI=1S/C17H23N3O3.HI/c1-4-22-15-8-7-13(12-16(15)21-3)20-17(18-2)19-10-9-14-6-5-11-23-14;/h5-8,11-12H,4,9-10H2,1-3H3,(H2,18,19,20);1H. The monoisotopic (exact) mass is 445 g/mol. The summed E-state index contributed by atoms with van der Waals surface area (Å²) < 4.78 is 16.2. The first-order valence-corrected chi connectivity index (χ1v) is 7.57. The quantitative estimate of drug-likeness (QED) is 0.388. The van der Waals surface area contributed by atoms with Crippen molar-refractivity contribution >= 4 is 35.6 Å². The van der Waals surface area contributed by atoms with E-state index < -0.39 is 0 Å². The molecule has 0 bridgehead atoms. The molecule has 0 aliphatic rings. The summed E-state index contributed by atoms with van der Waals surface area (Å²) in [4.78, 5) is 4.21. The highest BCUT2D eigenvalue weighted by atomic mass is 127. The zero-order valence-corrected chi connectivity index (χ0v) is 16.5. The second kappa shape index (κ2) is 10.8. The van der Waals surface area contributed by atoms with E-state index in [1.807, 2.05) is 37.3 Å². The molecule has 24 heavy (non-hydrogen) atoms. The van der Waals surface area contributed by atoms with Crippen molar-refractivity contribution in [2.24, 2.45) is 4.99 Å². The van der Waals surface area contributed by atoms with Crippen molar-refractivity contribution in [3.05, 3.63) is 42.4 Å². The van der Waals surface area contributed by atoms with Crippen molar-refractivity contribution in [1.29, 1.82) is 0 Å². The summed E-state index contributed by atoms with van der Waals surface area (Å²) in [6.45, 7) is 3.26. The lowest BCUT2D eigenvalue weighted by atomic mass is 10.2. The largest absolute Gasteiger partial charge is 0.493 e. The van der Waals surface area contributed by atoms with Gasteiger partial charge in [-0.05, 0) is 31.2 Å². The fraction of sp³-hybridized carbons (Fsp3) is 0.353. The molecule has 0 aliphatic carbocycles. The Morgan fingerprint density at radius 3 is 2.71 bits per heavy atom. The van der Waals surface area contributed by atoms with Gasteiger partial charge < -0.3 is 24.5 Å². The molecule has 0 spiro atoms. The van der Waals surface area contributed by atoms with E-state index in [-0.39, 0.29) is 24.0 Å². The lowest BCUT2D eigenvalue weighted by Gasteiger charge is -2.14. The van der Waals surface area contributed by atoms with Crippen LogP contribution < -0.4 is 20.1 Å². The first-order valence-electron chi connectivity index (χ1n) is 7.57. The van der Waals surface area contributed by atoms with E-state index >= 15 is 0 Å². The van der Waals surface area contributed by atoms with Crippen molar-refractivity contribution in [3.63, 3.8) is 0 Å². The maximum atomic E-state index is 5.51. The minimum atomic E-state index is 0. The molecule has 0 saturated heterocycles. The van der Waals surface area contributed by atoms with Crippen molar-refractivity contribution < 1.29 is 13.9 Å². The number of methoxy groups -OCH3 is 1. The molecule has 0 unspecified atom stereocenters. The van der Waals surface area contributed by atoms with Crippen LogP contribution in [0.4, 0.5) is 5.69 Å². The Bertz CT molecular complexity index is 630. The number of furan rings is 1. The average molecular weight is 445 g/mol. The van der Waals surface area contributed by atoms with Gasteiger partial charge in [-0.15, -0.1) is 24.0 Å². The molecule has 2 rings (SSSR count). The van der Waals surface area contributed by atoms with Crippen LogP contribution in [0.25, 0.3) is 0 Å². The van der Waals surface area contributed by atoms with E-state index in [2.05, 4.69) is 15.6 Å². The van der Waals surface area contributed by atoms with Crippen molar-refractivity contribution in [2.75, 3.05) is 32.6 Å². The Balaban J connectivity index is 0.00000288. The Morgan fingerprint density at radius 1 is 1.25 bits per heavy atom. The summed E-state index contributed by atoms with van der Waals surface area (Å²) in [6.07, 6.45) is 2.47. The van der Waals surface area contributed by atoms with E-state index in [1.54, 1.807) is 20.4 Å². The number of anilines is 1. The zero-order valence-electron chi connectivity index (χ0n) is 14.2. The Morgan fingerprint density at radius 2 is 2.08 bits per heavy atom. The van der Waals surface area contributed by atoms with Crippen LogP contribution in [-0.2, 0) is 6.42 Å². The number of nitrogens with one attached hydrogen (secondary N) is 2. The summed E-state index contributed by atoms with van der Waals surface area (Å²) in [5.41, 5.74) is 0.872. The molecule has 0 fully saturated rings. The number of hydrogen-bond acceptors (Lipinski definition) is 4. The molecule has 0 saturated carbocycles. The smallest absolute Gasteiger partial charge is 0.195 e. The lowest BCUT2D eigenvalue weighted by molar-refractivity contribution is 0.311. The van der Waals surface area contributed by atoms with Crippen molar-refractivity contribution in [1.82, 2.24) is 5.32 Å². The van der Waals surface area contributed by atoms with Gasteiger partial charge in [-0.25, -0.2) is 0 Å². The summed E-state index contributed by atoms with van der Waals surface area (Å²) in [5.74, 6) is 3.03. The maximum absolute atomic E-state index is 5.51. The number of guanidine groups is 1. The van der Waals surface area contributed by atoms with Crippen LogP contribution in [0.5, 0.6) is 11.5 Å². The molecule has 0 radical (unpaired) electrons. The normalized spacial score (nSPS) is 10.7. The molecule has 0 amide bonds. The molecule has 2 aromatic rings. The number of benzene rings is 1. The van der Waals surface area contributed by atoms with E-state index in [0.29, 0.717) is 18.3 Å². The molecule has 0 atom stereocenters. The number of ether oxygens (including phenoxy) is 2. The second-order valence-corrected chi connectivity index (χ2v) is 4.75. The van der Waals surface area contributed by atoms with Crippen LogP contribution in [0, 0.1) is 0 Å². The second-order valence-electron chi connectivity index (χ2n) is 4.75. The summed E-state index contributed by atoms with van der Waals surface area (Å²) in [5, 5.41) is 6.47. The van der Waals surface area contributed by atoms with Gasteiger partial charge in [-0.2, -0.15) is 0 Å². The molecule has 6 nitrogen and oxygen atoms in total. The first-order chi connectivity index (χ1) is 11.3. The molecule has 1 heterocycles. The highest BCUT2D eigenvalue weighted by molar-refractivity contribution is 14.0. The van der Waals surface area contributed by atoms with Crippen LogP contribution in [-0.4, -0.2) is 33.3 Å². The third kappa shape index (κ3) is 5.95. The topological polar surface area (TPSA) is 68.0 Å². The number of rotatable bonds is 7. The Labute approximate surface area is 159 Å². The maximum Gasteiger partial charge on any atom is 0.195 e. The summed E-state index contributed by atoms with van der Waals surface area (Å²) in [7, 11) is 3.35. The molecular weight excluding hydrogens is 421 g/mol. The van der Waals surface area contributed by atoms with Crippen molar-refractivity contribution in [2.45, 2.75) is 13.3 Å². The lowest BCUT2D eigenvalue weighted by Crippen LogP contribution is -2.32. The fourth-order valence-electron chi connectivity index (χ4n) is 2.09. The van der Waals surface area contributed by atoms with Crippen LogP contribution >= 0.6 is 24.0 Å². The van der Waals surface area contributed by atoms with E-state index in [0.717, 1.165) is 30.2 Å². The minimum Gasteiger partial charge on any atom is -0.493 e. The highest BCUT2D eigenvalue weighted by Crippen LogP contribution is 2.30. The molecule has 132 valence electrons. The van der Waals surface area contributed by atoms with Gasteiger partial charge in [0.05, 0.1) is 20.0 Å². The number of nitrogens with zero attached hydrogens (tertiary/aromatic N) is 1. The number of hydrogen-bond donors (Lipinski definition) is 2. The van der Waals surface area contributed by atoms with Gasteiger partial charge in [-0.1, -0.05) is 0 Å². The zero-order chi connectivity index (χ0) is 16.5. The van der Waals surface area contributed by atoms with Crippen LogP contribution in [0.3, 0.4) is 0 Å². The highest BCUT2D eigenvalue weighted by Gasteiger charge is 2.07. The van der Waals surface area contributed by atoms with E-state index in [4.69, 9.17) is 13.9 Å². The van der Waals surface area contributed by atoms with Gasteiger partial charge in [0.1, 0.15) is 5.76 Å². The average Bonchev–Trinajstić information content (AvgIpc) is 3.08. The Kier molecular flexibility index (Phi) is 9.06. The van der Waals surface area contributed by atoms with Gasteiger partial charge in [0.25, 0.3) is 0 Å². The van der Waals surface area contributed by atoms with Gasteiger partial charge in [0.2, 0.25) is 0 Å². The predicted molar refractivity (Wildman–Crippen MR) is 107 cm³/mol. The van der Waals surface area contributed by atoms with E-state index in [9.17, 15) is 0 Å². The molecule has 7 heteroatoms. The minimum absolute atomic E-state index is 0. The Hall–Kier alpha value is -1.90. The van der Waals surface area contributed by atoms with Crippen LogP contribution in [0.2, 0.25) is 0 Å². The number of aliphatic imine (C=N–C) groups is 1. The number of halogens is 1. The van der Waals surface area contributed by atoms with Crippen LogP contribution in [0.15, 0.2) is 46.0 Å². The molecular formula is C17H24IN3O3. The summed E-state index contributed by atoms with van der Waals surface area (Å²) in [6, 6.07) is 9.52. The van der Waals surface area contributed by atoms with Gasteiger partial charge in [0, 0.05) is 31.8 Å². The van der Waals surface area contributed by atoms with Crippen LogP contribution in [0.1, 0.15) is 12.7 Å². The third-order valence-corrected chi connectivity index (χ3v) is 3.19. The summed E-state index contributed by atoms with van der Waals surface area (Å²) >= 11 is 0. The first kappa shape index (κ1) is 20.1.